The summed E-state index contributed by atoms with van der Waals surface area (Å²) in [5.74, 6) is -1.04. The van der Waals surface area contributed by atoms with Gasteiger partial charge in [-0.15, -0.1) is 11.3 Å². The van der Waals surface area contributed by atoms with E-state index < -0.39 is 20.5 Å². The normalized spacial score (nSPS) is 20.6. The van der Waals surface area contributed by atoms with Gasteiger partial charge in [0.05, 0.1) is 5.02 Å². The Hall–Kier alpha value is -1.22. The van der Waals surface area contributed by atoms with Crippen LogP contribution in [0.25, 0.3) is 0 Å². The Bertz CT molecular complexity index is 873. The number of sulfone groups is 1. The summed E-state index contributed by atoms with van der Waals surface area (Å²) in [7, 11) is -3.89. The maximum absolute atomic E-state index is 14.6. The molecule has 0 amide bonds. The molecule has 1 N–H and O–H groups in total. The highest BCUT2D eigenvalue weighted by Gasteiger charge is 2.28. The third kappa shape index (κ3) is 4.99. The molecule has 0 radical (unpaired) electrons. The molecular formula is C18H22ClFN2O3S2. The maximum atomic E-state index is 14.6. The van der Waals surface area contributed by atoms with Crippen molar-refractivity contribution in [2.24, 2.45) is 0 Å². The average molecular weight is 433 g/mol. The molecule has 9 heteroatoms. The van der Waals surface area contributed by atoms with E-state index in [1.54, 1.807) is 5.38 Å². The first-order chi connectivity index (χ1) is 12.9. The number of benzene rings is 1. The van der Waals surface area contributed by atoms with E-state index in [1.807, 2.05) is 6.92 Å². The standard InChI is InChI=1S/C18H22ClFN2O3S2/c1-2-21-14-5-3-4-6-15(14)25-16-10-13(20)17(9-12(16)19)27(23,24)11-18-22-7-8-26-18/h7-10,14-15,21H,2-6,11H2,1H3/t14-,15-/m1/s1. The van der Waals surface area contributed by atoms with E-state index in [2.05, 4.69) is 10.3 Å². The Kier molecular flexibility index (Phi) is 6.73. The average Bonchev–Trinajstić information content (AvgIpc) is 3.12. The third-order valence-corrected chi connectivity index (χ3v) is 7.46. The van der Waals surface area contributed by atoms with Crippen LogP contribution in [-0.2, 0) is 15.6 Å². The summed E-state index contributed by atoms with van der Waals surface area (Å²) in [4.78, 5) is 3.52. The Morgan fingerprint density at radius 1 is 1.37 bits per heavy atom. The van der Waals surface area contributed by atoms with Crippen LogP contribution in [0.3, 0.4) is 0 Å². The molecule has 1 heterocycles. The van der Waals surface area contributed by atoms with Crippen molar-refractivity contribution in [2.45, 2.75) is 55.4 Å². The summed E-state index contributed by atoms with van der Waals surface area (Å²) in [6.45, 7) is 2.85. The molecule has 0 unspecified atom stereocenters. The highest BCUT2D eigenvalue weighted by molar-refractivity contribution is 7.90. The van der Waals surface area contributed by atoms with Crippen molar-refractivity contribution in [3.05, 3.63) is 39.6 Å². The zero-order valence-corrected chi connectivity index (χ0v) is 17.3. The number of nitrogens with one attached hydrogen (secondary N) is 1. The first-order valence-electron chi connectivity index (χ1n) is 8.91. The SMILES string of the molecule is CCN[C@@H]1CCCC[C@H]1Oc1cc(F)c(S(=O)(=O)Cc2nccs2)cc1Cl. The Morgan fingerprint density at radius 2 is 2.15 bits per heavy atom. The van der Waals surface area contributed by atoms with Gasteiger partial charge in [-0.05, 0) is 31.9 Å². The topological polar surface area (TPSA) is 68.3 Å². The summed E-state index contributed by atoms with van der Waals surface area (Å²) in [6, 6.07) is 2.39. The molecule has 1 aromatic carbocycles. The van der Waals surface area contributed by atoms with Crippen molar-refractivity contribution in [3.8, 4) is 5.75 Å². The van der Waals surface area contributed by atoms with Gasteiger partial charge in [0.15, 0.2) is 9.84 Å². The summed E-state index contributed by atoms with van der Waals surface area (Å²) in [6.07, 6.45) is 5.38. The number of thiazole rings is 1. The predicted octanol–water partition coefficient (Wildman–Crippen LogP) is 4.21. The first kappa shape index (κ1) is 20.5. The predicted molar refractivity (Wildman–Crippen MR) is 105 cm³/mol. The molecule has 148 valence electrons. The molecule has 2 atom stereocenters. The van der Waals surface area contributed by atoms with Crippen LogP contribution >= 0.6 is 22.9 Å². The van der Waals surface area contributed by atoms with Gasteiger partial charge in [-0.2, -0.15) is 0 Å². The second-order valence-electron chi connectivity index (χ2n) is 6.50. The zero-order valence-electron chi connectivity index (χ0n) is 15.0. The van der Waals surface area contributed by atoms with E-state index >= 15 is 0 Å². The molecule has 0 spiro atoms. The van der Waals surface area contributed by atoms with Gasteiger partial charge in [0.25, 0.3) is 0 Å². The van der Waals surface area contributed by atoms with Crippen LogP contribution in [0.5, 0.6) is 5.75 Å². The quantitative estimate of drug-likeness (QED) is 0.709. The molecule has 2 aromatic rings. The van der Waals surface area contributed by atoms with E-state index in [0.29, 0.717) is 5.01 Å². The van der Waals surface area contributed by atoms with Gasteiger partial charge in [0.2, 0.25) is 0 Å². The smallest absolute Gasteiger partial charge is 0.187 e. The van der Waals surface area contributed by atoms with Crippen LogP contribution in [-0.4, -0.2) is 32.1 Å². The van der Waals surface area contributed by atoms with Crippen molar-refractivity contribution in [3.63, 3.8) is 0 Å². The summed E-state index contributed by atoms with van der Waals surface area (Å²) in [5, 5.41) is 5.56. The minimum atomic E-state index is -3.89. The van der Waals surface area contributed by atoms with Gasteiger partial charge in [-0.25, -0.2) is 17.8 Å². The highest BCUT2D eigenvalue weighted by Crippen LogP contribution is 2.34. The van der Waals surface area contributed by atoms with Crippen LogP contribution in [0.15, 0.2) is 28.6 Å². The van der Waals surface area contributed by atoms with Gasteiger partial charge in [-0.3, -0.25) is 0 Å². The Labute approximate surface area is 167 Å². The van der Waals surface area contributed by atoms with Gasteiger partial charge < -0.3 is 10.1 Å². The lowest BCUT2D eigenvalue weighted by Crippen LogP contribution is -2.45. The van der Waals surface area contributed by atoms with Gasteiger partial charge in [0, 0.05) is 23.7 Å². The molecule has 1 aliphatic rings. The molecule has 5 nitrogen and oxygen atoms in total. The number of nitrogens with zero attached hydrogens (tertiary/aromatic N) is 1. The fourth-order valence-electron chi connectivity index (χ4n) is 3.30. The number of rotatable bonds is 7. The molecule has 1 fully saturated rings. The second-order valence-corrected chi connectivity index (χ2v) is 9.85. The largest absolute Gasteiger partial charge is 0.487 e. The molecule has 3 rings (SSSR count). The van der Waals surface area contributed by atoms with Crippen LogP contribution < -0.4 is 10.1 Å². The lowest BCUT2D eigenvalue weighted by atomic mass is 9.92. The van der Waals surface area contributed by atoms with Gasteiger partial charge >= 0.3 is 0 Å². The monoisotopic (exact) mass is 432 g/mol. The Morgan fingerprint density at radius 3 is 2.85 bits per heavy atom. The van der Waals surface area contributed by atoms with Crippen molar-refractivity contribution < 1.29 is 17.5 Å². The van der Waals surface area contributed by atoms with Crippen LogP contribution in [0.4, 0.5) is 4.39 Å². The van der Waals surface area contributed by atoms with Crippen LogP contribution in [0.2, 0.25) is 5.02 Å². The number of hydrogen-bond donors (Lipinski definition) is 1. The van der Waals surface area contributed by atoms with Gasteiger partial charge in [-0.1, -0.05) is 24.9 Å². The molecule has 1 aromatic heterocycles. The molecule has 1 saturated carbocycles. The fourth-order valence-corrected chi connectivity index (χ4v) is 5.92. The molecule has 0 bridgehead atoms. The highest BCUT2D eigenvalue weighted by atomic mass is 35.5. The molecule has 0 aliphatic heterocycles. The number of halogens is 2. The summed E-state index contributed by atoms with van der Waals surface area (Å²) in [5.41, 5.74) is 0. The molecule has 1 aliphatic carbocycles. The van der Waals surface area contributed by atoms with Gasteiger partial charge in [0.1, 0.15) is 33.3 Å². The molecule has 0 saturated heterocycles. The lowest BCUT2D eigenvalue weighted by molar-refractivity contribution is 0.114. The number of aromatic nitrogens is 1. The Balaban J connectivity index is 1.82. The minimum absolute atomic E-state index is 0.0925. The third-order valence-electron chi connectivity index (χ3n) is 4.57. The van der Waals surface area contributed by atoms with E-state index in [4.69, 9.17) is 16.3 Å². The number of ether oxygens (including phenoxy) is 1. The summed E-state index contributed by atoms with van der Waals surface area (Å²) >= 11 is 7.45. The maximum Gasteiger partial charge on any atom is 0.187 e. The van der Waals surface area contributed by atoms with Crippen LogP contribution in [0, 0.1) is 5.82 Å². The fraction of sp³-hybridized carbons (Fsp3) is 0.500. The van der Waals surface area contributed by atoms with Crippen molar-refractivity contribution >= 4 is 32.8 Å². The van der Waals surface area contributed by atoms with E-state index in [1.165, 1.54) is 17.5 Å². The van der Waals surface area contributed by atoms with Crippen molar-refractivity contribution in [1.29, 1.82) is 0 Å². The van der Waals surface area contributed by atoms with E-state index in [-0.39, 0.29) is 28.7 Å². The van der Waals surface area contributed by atoms with Crippen molar-refractivity contribution in [1.82, 2.24) is 10.3 Å². The van der Waals surface area contributed by atoms with E-state index in [0.717, 1.165) is 44.4 Å². The second kappa shape index (κ2) is 8.86. The molecule has 27 heavy (non-hydrogen) atoms. The molecular weight excluding hydrogens is 411 g/mol. The van der Waals surface area contributed by atoms with Crippen molar-refractivity contribution in [2.75, 3.05) is 6.54 Å². The number of hydrogen-bond acceptors (Lipinski definition) is 6. The van der Waals surface area contributed by atoms with E-state index in [9.17, 15) is 12.8 Å². The first-order valence-corrected chi connectivity index (χ1v) is 11.8. The lowest BCUT2D eigenvalue weighted by Gasteiger charge is -2.32. The summed E-state index contributed by atoms with van der Waals surface area (Å²) < 4.78 is 45.6. The number of likely N-dealkylation sites (N-methyl/N-ethyl adjacent to an activating group) is 1. The minimum Gasteiger partial charge on any atom is -0.487 e. The van der Waals surface area contributed by atoms with Crippen LogP contribution in [0.1, 0.15) is 37.6 Å². The zero-order chi connectivity index (χ0) is 19.4.